The van der Waals surface area contributed by atoms with Gasteiger partial charge in [0.1, 0.15) is 6.54 Å². The Balaban J connectivity index is 2.02. The molecule has 2 heterocycles. The first-order valence-corrected chi connectivity index (χ1v) is 4.18. The van der Waals surface area contributed by atoms with Gasteiger partial charge in [0.25, 0.3) is 0 Å². The fourth-order valence-corrected chi connectivity index (χ4v) is 0.957. The Bertz CT molecular complexity index is 436. The molecule has 0 aliphatic heterocycles. The lowest BCUT2D eigenvalue weighted by Crippen LogP contribution is -1.95. The van der Waals surface area contributed by atoms with Crippen LogP contribution >= 0.6 is 0 Å². The molecule has 0 aliphatic carbocycles. The van der Waals surface area contributed by atoms with Crippen LogP contribution in [0.25, 0.3) is 0 Å². The zero-order chi connectivity index (χ0) is 9.64. The average Bonchev–Trinajstić information content (AvgIpc) is 2.72. The van der Waals surface area contributed by atoms with E-state index in [1.807, 2.05) is 12.3 Å². The summed E-state index contributed by atoms with van der Waals surface area (Å²) in [6.45, 7) is 0.561. The van der Waals surface area contributed by atoms with E-state index in [0.717, 1.165) is 0 Å². The maximum absolute atomic E-state index is 4.02. The van der Waals surface area contributed by atoms with Crippen LogP contribution in [0.5, 0.6) is 0 Å². The zero-order valence-corrected chi connectivity index (χ0v) is 7.46. The molecular weight excluding hydrogens is 176 g/mol. The van der Waals surface area contributed by atoms with Crippen molar-refractivity contribution in [3.8, 4) is 11.8 Å². The van der Waals surface area contributed by atoms with Gasteiger partial charge in [0.05, 0.1) is 0 Å². The fourth-order valence-electron chi connectivity index (χ4n) is 0.957. The molecule has 0 bridgehead atoms. The van der Waals surface area contributed by atoms with Gasteiger partial charge in [-0.15, -0.1) is 0 Å². The monoisotopic (exact) mass is 184 g/mol. The fraction of sp³-hybridized carbons (Fsp3) is 0.100. The first-order chi connectivity index (χ1) is 6.95. The van der Waals surface area contributed by atoms with Crippen molar-refractivity contribution in [3.63, 3.8) is 0 Å². The van der Waals surface area contributed by atoms with E-state index in [1.165, 1.54) is 0 Å². The summed E-state index contributed by atoms with van der Waals surface area (Å²) in [4.78, 5) is 7.97. The molecule has 0 atom stereocenters. The molecule has 4 nitrogen and oxygen atoms in total. The normalized spacial score (nSPS) is 9.14. The van der Waals surface area contributed by atoms with Crippen molar-refractivity contribution in [3.05, 3.63) is 42.7 Å². The molecule has 0 spiro atoms. The predicted molar refractivity (Wildman–Crippen MR) is 51.1 cm³/mol. The van der Waals surface area contributed by atoms with Crippen LogP contribution in [-0.4, -0.2) is 19.7 Å². The Labute approximate surface area is 81.6 Å². The summed E-state index contributed by atoms with van der Waals surface area (Å²) in [7, 11) is 0. The predicted octanol–water partition coefficient (Wildman–Crippen LogP) is 0.725. The molecule has 14 heavy (non-hydrogen) atoms. The molecule has 2 aromatic heterocycles. The van der Waals surface area contributed by atoms with Crippen molar-refractivity contribution in [1.29, 1.82) is 0 Å². The second-order valence-corrected chi connectivity index (χ2v) is 2.58. The molecule has 2 rings (SSSR count). The molecule has 2 aromatic rings. The minimum absolute atomic E-state index is 0.541. The van der Waals surface area contributed by atoms with Gasteiger partial charge < -0.3 is 0 Å². The standard InChI is InChI=1S/C10H8N4/c1(8-14-9-3-7-13-14)4-10-11-5-2-6-12-10/h2-3,5-7,9H,8H2. The van der Waals surface area contributed by atoms with Crippen molar-refractivity contribution >= 4 is 0 Å². The third-order valence-corrected chi connectivity index (χ3v) is 1.57. The number of nitrogens with zero attached hydrogens (tertiary/aromatic N) is 4. The smallest absolute Gasteiger partial charge is 0.204 e. The van der Waals surface area contributed by atoms with Crippen LogP contribution < -0.4 is 0 Å². The molecule has 0 radical (unpaired) electrons. The van der Waals surface area contributed by atoms with Gasteiger partial charge in [0, 0.05) is 24.8 Å². The summed E-state index contributed by atoms with van der Waals surface area (Å²) in [5.41, 5.74) is 0. The zero-order valence-electron chi connectivity index (χ0n) is 7.46. The Kier molecular flexibility index (Phi) is 2.53. The topological polar surface area (TPSA) is 43.6 Å². The van der Waals surface area contributed by atoms with Crippen LogP contribution in [0.15, 0.2) is 36.9 Å². The van der Waals surface area contributed by atoms with E-state index in [2.05, 4.69) is 26.9 Å². The third-order valence-electron chi connectivity index (χ3n) is 1.57. The van der Waals surface area contributed by atoms with Crippen molar-refractivity contribution < 1.29 is 0 Å². The van der Waals surface area contributed by atoms with Gasteiger partial charge in [0.15, 0.2) is 0 Å². The number of rotatable bonds is 1. The summed E-state index contributed by atoms with van der Waals surface area (Å²) < 4.78 is 1.75. The average molecular weight is 184 g/mol. The molecule has 0 amide bonds. The number of aromatic nitrogens is 4. The Morgan fingerprint density at radius 1 is 1.14 bits per heavy atom. The summed E-state index contributed by atoms with van der Waals surface area (Å²) in [6, 6.07) is 3.62. The van der Waals surface area contributed by atoms with Crippen LogP contribution in [0.2, 0.25) is 0 Å². The second kappa shape index (κ2) is 4.19. The van der Waals surface area contributed by atoms with Crippen molar-refractivity contribution in [2.24, 2.45) is 0 Å². The lowest BCUT2D eigenvalue weighted by Gasteiger charge is -1.89. The van der Waals surface area contributed by atoms with E-state index in [4.69, 9.17) is 0 Å². The van der Waals surface area contributed by atoms with E-state index >= 15 is 0 Å². The molecule has 0 N–H and O–H groups in total. The summed E-state index contributed by atoms with van der Waals surface area (Å²) >= 11 is 0. The van der Waals surface area contributed by atoms with Crippen LogP contribution in [0.1, 0.15) is 5.82 Å². The van der Waals surface area contributed by atoms with Gasteiger partial charge in [-0.3, -0.25) is 4.68 Å². The summed E-state index contributed by atoms with van der Waals surface area (Å²) in [5, 5.41) is 4.02. The Morgan fingerprint density at radius 3 is 2.71 bits per heavy atom. The molecule has 0 aliphatic rings. The van der Waals surface area contributed by atoms with Crippen LogP contribution in [-0.2, 0) is 6.54 Å². The SMILES string of the molecule is C(#Cc1ncccn1)Cn1cccn1. The van der Waals surface area contributed by atoms with Gasteiger partial charge in [0.2, 0.25) is 5.82 Å². The third kappa shape index (κ3) is 2.17. The highest BCUT2D eigenvalue weighted by Crippen LogP contribution is 1.85. The van der Waals surface area contributed by atoms with Gasteiger partial charge in [-0.2, -0.15) is 5.10 Å². The van der Waals surface area contributed by atoms with E-state index in [9.17, 15) is 0 Å². The highest BCUT2D eigenvalue weighted by atomic mass is 15.3. The summed E-state index contributed by atoms with van der Waals surface area (Å²) in [5.74, 6) is 6.32. The van der Waals surface area contributed by atoms with E-state index < -0.39 is 0 Å². The van der Waals surface area contributed by atoms with Crippen molar-refractivity contribution in [1.82, 2.24) is 19.7 Å². The molecule has 0 aromatic carbocycles. The second-order valence-electron chi connectivity index (χ2n) is 2.58. The van der Waals surface area contributed by atoms with Crippen LogP contribution in [0.4, 0.5) is 0 Å². The van der Waals surface area contributed by atoms with Crippen molar-refractivity contribution in [2.45, 2.75) is 6.54 Å². The quantitative estimate of drug-likeness (QED) is 0.613. The summed E-state index contributed by atoms with van der Waals surface area (Å²) in [6.07, 6.45) is 6.93. The van der Waals surface area contributed by atoms with Gasteiger partial charge in [-0.1, -0.05) is 5.92 Å². The molecular formula is C10H8N4. The maximum atomic E-state index is 4.02. The number of hydrogen-bond acceptors (Lipinski definition) is 3. The van der Waals surface area contributed by atoms with Crippen LogP contribution in [0, 0.1) is 11.8 Å². The van der Waals surface area contributed by atoms with E-state index in [0.29, 0.717) is 12.4 Å². The molecule has 0 saturated heterocycles. The Hall–Kier alpha value is -2.15. The van der Waals surface area contributed by atoms with Gasteiger partial charge in [-0.05, 0) is 18.1 Å². The molecule has 0 unspecified atom stereocenters. The van der Waals surface area contributed by atoms with Gasteiger partial charge >= 0.3 is 0 Å². The largest absolute Gasteiger partial charge is 0.261 e. The highest BCUT2D eigenvalue weighted by Gasteiger charge is 1.86. The minimum Gasteiger partial charge on any atom is -0.261 e. The van der Waals surface area contributed by atoms with Crippen molar-refractivity contribution in [2.75, 3.05) is 0 Å². The van der Waals surface area contributed by atoms with E-state index in [-0.39, 0.29) is 0 Å². The lowest BCUT2D eigenvalue weighted by atomic mass is 10.5. The molecule has 68 valence electrons. The minimum atomic E-state index is 0.541. The van der Waals surface area contributed by atoms with E-state index in [1.54, 1.807) is 29.3 Å². The molecule has 0 fully saturated rings. The first-order valence-electron chi connectivity index (χ1n) is 4.18. The Morgan fingerprint density at radius 2 is 2.00 bits per heavy atom. The first kappa shape index (κ1) is 8.45. The highest BCUT2D eigenvalue weighted by molar-refractivity contribution is 5.19. The number of hydrogen-bond donors (Lipinski definition) is 0. The maximum Gasteiger partial charge on any atom is 0.204 e. The van der Waals surface area contributed by atoms with Gasteiger partial charge in [-0.25, -0.2) is 9.97 Å². The molecule has 0 saturated carbocycles. The lowest BCUT2D eigenvalue weighted by molar-refractivity contribution is 0.715. The van der Waals surface area contributed by atoms with Crippen LogP contribution in [0.3, 0.4) is 0 Å². The molecule has 4 heteroatoms.